The molecule has 2 aromatic carbocycles. The molecule has 0 amide bonds. The normalized spacial score (nSPS) is 16.0. The lowest BCUT2D eigenvalue weighted by molar-refractivity contribution is 0.731. The average Bonchev–Trinajstić information content (AvgIpc) is 2.79. The molecule has 3 rings (SSSR count). The van der Waals surface area contributed by atoms with E-state index in [1.807, 2.05) is 13.1 Å². The second-order valence-electron chi connectivity index (χ2n) is 5.90. The highest BCUT2D eigenvalue weighted by Gasteiger charge is 2.35. The minimum Gasteiger partial charge on any atom is -0.352 e. The van der Waals surface area contributed by atoms with Crippen molar-refractivity contribution in [2.24, 2.45) is 0 Å². The van der Waals surface area contributed by atoms with Crippen molar-refractivity contribution in [2.45, 2.75) is 26.9 Å². The van der Waals surface area contributed by atoms with Crippen molar-refractivity contribution < 1.29 is 0 Å². The molecule has 0 aromatic heterocycles. The predicted octanol–water partition coefficient (Wildman–Crippen LogP) is 4.66. The first-order chi connectivity index (χ1) is 11.0. The molecular formula is C19H18N4. The lowest BCUT2D eigenvalue weighted by Gasteiger charge is -2.30. The molecule has 0 unspecified atom stereocenters. The summed E-state index contributed by atoms with van der Waals surface area (Å²) in [6, 6.07) is 12.2. The number of benzene rings is 2. The van der Waals surface area contributed by atoms with E-state index in [2.05, 4.69) is 59.7 Å². The average molecular weight is 302 g/mol. The molecule has 0 N–H and O–H groups in total. The lowest BCUT2D eigenvalue weighted by atomic mass is 10.1. The van der Waals surface area contributed by atoms with E-state index >= 15 is 0 Å². The number of anilines is 3. The van der Waals surface area contributed by atoms with E-state index < -0.39 is 0 Å². The third-order valence-electron chi connectivity index (χ3n) is 4.59. The molecule has 2 aromatic rings. The van der Waals surface area contributed by atoms with Crippen LogP contribution in [-0.2, 0) is 0 Å². The molecule has 1 atom stereocenters. The molecule has 0 bridgehead atoms. The van der Waals surface area contributed by atoms with Gasteiger partial charge in [-0.1, -0.05) is 24.3 Å². The van der Waals surface area contributed by atoms with E-state index in [0.29, 0.717) is 11.3 Å². The molecular weight excluding hydrogens is 284 g/mol. The van der Waals surface area contributed by atoms with Gasteiger partial charge in [0.1, 0.15) is 6.17 Å². The molecule has 1 aliphatic rings. The Kier molecular flexibility index (Phi) is 3.47. The summed E-state index contributed by atoms with van der Waals surface area (Å²) in [5.74, 6) is 0. The smallest absolute Gasteiger partial charge is 0.206 e. The number of nitrogens with zero attached hydrogens (tertiary/aromatic N) is 4. The second kappa shape index (κ2) is 5.34. The summed E-state index contributed by atoms with van der Waals surface area (Å²) in [4.78, 5) is 7.83. The first-order valence-electron chi connectivity index (χ1n) is 7.54. The summed E-state index contributed by atoms with van der Waals surface area (Å²) in [7, 11) is 1.98. The fourth-order valence-corrected chi connectivity index (χ4v) is 3.38. The summed E-state index contributed by atoms with van der Waals surface area (Å²) in [5.41, 5.74) is 6.27. The maximum atomic E-state index is 9.55. The van der Waals surface area contributed by atoms with Gasteiger partial charge in [-0.3, -0.25) is 0 Å². The van der Waals surface area contributed by atoms with Crippen molar-refractivity contribution in [2.75, 3.05) is 16.8 Å². The number of aryl methyl sites for hydroxylation is 2. The van der Waals surface area contributed by atoms with Crippen LogP contribution in [0.5, 0.6) is 0 Å². The molecule has 23 heavy (non-hydrogen) atoms. The standard InChI is InChI=1S/C19H18N4/c1-12-7-6-8-13(2)18(12)23-14(3)22(5)19-15(11-20)16(21-4)9-10-17(19)23/h6-10,14H,1-3,5H3/t14-/m0/s1. The van der Waals surface area contributed by atoms with Crippen LogP contribution in [0.15, 0.2) is 30.3 Å². The minimum absolute atomic E-state index is 0.0814. The fraction of sp³-hybridized carbons (Fsp3) is 0.263. The maximum absolute atomic E-state index is 9.55. The van der Waals surface area contributed by atoms with E-state index in [-0.39, 0.29) is 6.17 Å². The van der Waals surface area contributed by atoms with Gasteiger partial charge in [-0.05, 0) is 38.0 Å². The summed E-state index contributed by atoms with van der Waals surface area (Å²) in [5, 5.41) is 9.55. The zero-order valence-electron chi connectivity index (χ0n) is 13.8. The number of para-hydroxylation sites is 1. The van der Waals surface area contributed by atoms with Crippen LogP contribution in [0.2, 0.25) is 0 Å². The highest BCUT2D eigenvalue weighted by Crippen LogP contribution is 2.49. The number of fused-ring (bicyclic) bond motifs is 1. The molecule has 0 fully saturated rings. The van der Waals surface area contributed by atoms with Gasteiger partial charge in [0.05, 0.1) is 29.6 Å². The summed E-state index contributed by atoms with van der Waals surface area (Å²) in [6.45, 7) is 13.6. The summed E-state index contributed by atoms with van der Waals surface area (Å²) in [6.07, 6.45) is 0.0814. The van der Waals surface area contributed by atoms with Crippen LogP contribution in [0.4, 0.5) is 22.7 Å². The van der Waals surface area contributed by atoms with E-state index in [9.17, 15) is 5.26 Å². The van der Waals surface area contributed by atoms with Gasteiger partial charge in [-0.15, -0.1) is 0 Å². The molecule has 0 spiro atoms. The van der Waals surface area contributed by atoms with Crippen molar-refractivity contribution in [1.82, 2.24) is 0 Å². The zero-order valence-corrected chi connectivity index (χ0v) is 13.8. The van der Waals surface area contributed by atoms with Gasteiger partial charge in [0.2, 0.25) is 5.69 Å². The van der Waals surface area contributed by atoms with Crippen molar-refractivity contribution in [3.05, 3.63) is 58.4 Å². The van der Waals surface area contributed by atoms with Crippen molar-refractivity contribution in [3.8, 4) is 6.07 Å². The number of nitriles is 1. The third-order valence-corrected chi connectivity index (χ3v) is 4.59. The fourth-order valence-electron chi connectivity index (χ4n) is 3.38. The monoisotopic (exact) mass is 302 g/mol. The van der Waals surface area contributed by atoms with E-state index in [1.54, 1.807) is 6.07 Å². The molecule has 0 aliphatic carbocycles. The Balaban J connectivity index is 2.30. The summed E-state index contributed by atoms with van der Waals surface area (Å²) < 4.78 is 0. The SMILES string of the molecule is [C-]#[N+]c1ccc2c(c1C#N)N(C)[C@H](C)N2c1c(C)cccc1C. The van der Waals surface area contributed by atoms with E-state index in [0.717, 1.165) is 11.4 Å². The van der Waals surface area contributed by atoms with Crippen molar-refractivity contribution in [1.29, 1.82) is 5.26 Å². The third kappa shape index (κ3) is 2.04. The molecule has 0 saturated heterocycles. The molecule has 4 heteroatoms. The van der Waals surface area contributed by atoms with Crippen LogP contribution in [0.25, 0.3) is 4.85 Å². The Bertz CT molecular complexity index is 850. The second-order valence-corrected chi connectivity index (χ2v) is 5.90. The van der Waals surface area contributed by atoms with Gasteiger partial charge >= 0.3 is 0 Å². The quantitative estimate of drug-likeness (QED) is 0.719. The maximum Gasteiger partial charge on any atom is 0.206 e. The highest BCUT2D eigenvalue weighted by atomic mass is 15.4. The lowest BCUT2D eigenvalue weighted by Crippen LogP contribution is -2.36. The van der Waals surface area contributed by atoms with Crippen LogP contribution >= 0.6 is 0 Å². The molecule has 114 valence electrons. The van der Waals surface area contributed by atoms with Crippen LogP contribution in [-0.4, -0.2) is 13.2 Å². The number of hydrogen-bond donors (Lipinski definition) is 0. The first kappa shape index (κ1) is 14.9. The number of hydrogen-bond acceptors (Lipinski definition) is 3. The van der Waals surface area contributed by atoms with E-state index in [1.165, 1.54) is 16.8 Å². The zero-order chi connectivity index (χ0) is 16.7. The Morgan fingerprint density at radius 1 is 1.13 bits per heavy atom. The molecule has 1 aliphatic heterocycles. The van der Waals surface area contributed by atoms with Gasteiger partial charge in [-0.2, -0.15) is 5.26 Å². The number of rotatable bonds is 1. The highest BCUT2D eigenvalue weighted by molar-refractivity contribution is 5.92. The molecule has 1 heterocycles. The van der Waals surface area contributed by atoms with Crippen LogP contribution < -0.4 is 9.80 Å². The Morgan fingerprint density at radius 2 is 1.78 bits per heavy atom. The van der Waals surface area contributed by atoms with Crippen molar-refractivity contribution >= 4 is 22.7 Å². The van der Waals surface area contributed by atoms with E-state index in [4.69, 9.17) is 6.57 Å². The predicted molar refractivity (Wildman–Crippen MR) is 93.3 cm³/mol. The van der Waals surface area contributed by atoms with Crippen LogP contribution in [0, 0.1) is 31.8 Å². The van der Waals surface area contributed by atoms with Crippen LogP contribution in [0.3, 0.4) is 0 Å². The largest absolute Gasteiger partial charge is 0.352 e. The minimum atomic E-state index is 0.0814. The molecule has 0 radical (unpaired) electrons. The molecule has 0 saturated carbocycles. The van der Waals surface area contributed by atoms with Crippen LogP contribution in [0.1, 0.15) is 23.6 Å². The first-order valence-corrected chi connectivity index (χ1v) is 7.54. The van der Waals surface area contributed by atoms with Gasteiger partial charge < -0.3 is 9.80 Å². The van der Waals surface area contributed by atoms with Gasteiger partial charge in [0.25, 0.3) is 0 Å². The van der Waals surface area contributed by atoms with Gasteiger partial charge in [0.15, 0.2) is 0 Å². The summed E-state index contributed by atoms with van der Waals surface area (Å²) >= 11 is 0. The Morgan fingerprint density at radius 3 is 2.35 bits per heavy atom. The molecule has 4 nitrogen and oxygen atoms in total. The Labute approximate surface area is 137 Å². The topological polar surface area (TPSA) is 34.6 Å². The van der Waals surface area contributed by atoms with Gasteiger partial charge in [0, 0.05) is 12.7 Å². The Hall–Kier alpha value is -2.98. The van der Waals surface area contributed by atoms with Crippen molar-refractivity contribution in [3.63, 3.8) is 0 Å². The van der Waals surface area contributed by atoms with Gasteiger partial charge in [-0.25, -0.2) is 4.85 Å².